The summed E-state index contributed by atoms with van der Waals surface area (Å²) in [4.78, 5) is 22.6. The molecule has 2 rings (SSSR count). The van der Waals surface area contributed by atoms with Gasteiger partial charge in [0.2, 0.25) is 5.91 Å². The van der Waals surface area contributed by atoms with Gasteiger partial charge in [0.1, 0.15) is 0 Å². The number of aryl methyl sites for hydroxylation is 1. The molecule has 0 saturated carbocycles. The Bertz CT molecular complexity index is 686. The van der Waals surface area contributed by atoms with E-state index in [9.17, 15) is 18.0 Å². The summed E-state index contributed by atoms with van der Waals surface area (Å²) < 4.78 is 33.8. The molecule has 0 bridgehead atoms. The predicted molar refractivity (Wildman–Crippen MR) is 84.0 cm³/mol. The van der Waals surface area contributed by atoms with Crippen molar-refractivity contribution >= 4 is 33.8 Å². The molecule has 1 aliphatic heterocycles. The molecule has 0 N–H and O–H groups in total. The van der Waals surface area contributed by atoms with Gasteiger partial charge in [0, 0.05) is 5.75 Å². The first-order valence-electron chi connectivity index (χ1n) is 6.81. The molecule has 1 saturated heterocycles. The quantitative estimate of drug-likeness (QED) is 0.532. The maximum absolute atomic E-state index is 12.2. The Morgan fingerprint density at radius 3 is 2.57 bits per heavy atom. The van der Waals surface area contributed by atoms with E-state index in [0.717, 1.165) is 10.6 Å². The van der Waals surface area contributed by atoms with Gasteiger partial charge in [-0.3, -0.25) is 9.59 Å². The Labute approximate surface area is 139 Å². The van der Waals surface area contributed by atoms with E-state index >= 15 is 0 Å². The molecule has 1 amide bonds. The molecule has 0 aromatic heterocycles. The molecule has 126 valence electrons. The van der Waals surface area contributed by atoms with Crippen LogP contribution in [0.15, 0.2) is 29.2 Å². The van der Waals surface area contributed by atoms with Crippen molar-refractivity contribution < 1.29 is 27.0 Å². The van der Waals surface area contributed by atoms with E-state index in [4.69, 9.17) is 4.28 Å². The molecule has 1 aromatic carbocycles. The zero-order chi connectivity index (χ0) is 17.0. The SMILES string of the molecule is COC(=O)CSCC1CC(=O)N1OS(=O)(=O)c1ccc(C)cc1. The summed E-state index contributed by atoms with van der Waals surface area (Å²) in [5.74, 6) is -0.242. The van der Waals surface area contributed by atoms with Crippen LogP contribution in [0.4, 0.5) is 0 Å². The molecule has 1 unspecified atom stereocenters. The highest BCUT2D eigenvalue weighted by molar-refractivity contribution is 7.99. The normalized spacial score (nSPS) is 17.7. The van der Waals surface area contributed by atoms with Gasteiger partial charge in [0.05, 0.1) is 30.2 Å². The maximum atomic E-state index is 12.2. The number of thioether (sulfide) groups is 1. The number of benzene rings is 1. The molecule has 23 heavy (non-hydrogen) atoms. The number of hydrogen-bond donors (Lipinski definition) is 0. The first-order valence-corrected chi connectivity index (χ1v) is 9.37. The third-order valence-electron chi connectivity index (χ3n) is 3.23. The Kier molecular flexibility index (Phi) is 5.66. The number of methoxy groups -OCH3 is 1. The van der Waals surface area contributed by atoms with E-state index in [1.807, 2.05) is 6.92 Å². The fraction of sp³-hybridized carbons (Fsp3) is 0.429. The van der Waals surface area contributed by atoms with Crippen LogP contribution >= 0.6 is 11.8 Å². The number of esters is 1. The summed E-state index contributed by atoms with van der Waals surface area (Å²) >= 11 is 1.26. The Balaban J connectivity index is 1.95. The minimum Gasteiger partial charge on any atom is -0.468 e. The van der Waals surface area contributed by atoms with Crippen LogP contribution in [-0.4, -0.2) is 50.0 Å². The lowest BCUT2D eigenvalue weighted by Gasteiger charge is -2.37. The van der Waals surface area contributed by atoms with Gasteiger partial charge in [-0.25, -0.2) is 0 Å². The van der Waals surface area contributed by atoms with Crippen molar-refractivity contribution in [3.05, 3.63) is 29.8 Å². The minimum atomic E-state index is -4.04. The molecule has 1 fully saturated rings. The average Bonchev–Trinajstić information content (AvgIpc) is 2.52. The first-order chi connectivity index (χ1) is 10.8. The van der Waals surface area contributed by atoms with Crippen molar-refractivity contribution in [1.82, 2.24) is 5.06 Å². The zero-order valence-electron chi connectivity index (χ0n) is 12.7. The molecule has 0 spiro atoms. The summed E-state index contributed by atoms with van der Waals surface area (Å²) in [7, 11) is -2.75. The number of β-lactam (4-membered cyclic amide) rings is 1. The number of hydroxylamine groups is 2. The van der Waals surface area contributed by atoms with Crippen LogP contribution in [-0.2, 0) is 28.7 Å². The Morgan fingerprint density at radius 1 is 1.35 bits per heavy atom. The zero-order valence-corrected chi connectivity index (χ0v) is 14.4. The number of ether oxygens (including phenoxy) is 1. The van der Waals surface area contributed by atoms with Gasteiger partial charge in [-0.15, -0.1) is 16.0 Å². The largest absolute Gasteiger partial charge is 0.468 e. The lowest BCUT2D eigenvalue weighted by atomic mass is 10.1. The number of hydrogen-bond acceptors (Lipinski definition) is 7. The Hall–Kier alpha value is -1.58. The monoisotopic (exact) mass is 359 g/mol. The lowest BCUT2D eigenvalue weighted by molar-refractivity contribution is -0.185. The highest BCUT2D eigenvalue weighted by Crippen LogP contribution is 2.27. The van der Waals surface area contributed by atoms with Gasteiger partial charge in [-0.1, -0.05) is 17.7 Å². The highest BCUT2D eigenvalue weighted by atomic mass is 32.2. The molecule has 1 aliphatic rings. The molecule has 0 radical (unpaired) electrons. The van der Waals surface area contributed by atoms with Crippen molar-refractivity contribution in [3.63, 3.8) is 0 Å². The number of rotatable bonds is 7. The van der Waals surface area contributed by atoms with Crippen LogP contribution < -0.4 is 0 Å². The van der Waals surface area contributed by atoms with Gasteiger partial charge in [0.15, 0.2) is 0 Å². The van der Waals surface area contributed by atoms with E-state index in [1.165, 1.54) is 31.0 Å². The minimum absolute atomic E-state index is 0.0104. The molecular formula is C14H17NO6S2. The summed E-state index contributed by atoms with van der Waals surface area (Å²) in [5.41, 5.74) is 0.918. The summed E-state index contributed by atoms with van der Waals surface area (Å²) in [6.45, 7) is 1.84. The molecule has 1 aromatic rings. The second kappa shape index (κ2) is 7.33. The van der Waals surface area contributed by atoms with E-state index in [1.54, 1.807) is 12.1 Å². The van der Waals surface area contributed by atoms with Crippen LogP contribution in [0.1, 0.15) is 12.0 Å². The standard InChI is InChI=1S/C14H17NO6S2/c1-10-3-5-12(6-4-10)23(18,19)21-15-11(7-13(15)16)8-22-9-14(17)20-2/h3-6,11H,7-9H2,1-2H3. The first kappa shape index (κ1) is 17.8. The van der Waals surface area contributed by atoms with Gasteiger partial charge >= 0.3 is 16.1 Å². The molecule has 0 aliphatic carbocycles. The predicted octanol–water partition coefficient (Wildman–Crippen LogP) is 1.12. The van der Waals surface area contributed by atoms with Crippen LogP contribution in [0.2, 0.25) is 0 Å². The van der Waals surface area contributed by atoms with E-state index < -0.39 is 16.0 Å². The van der Waals surface area contributed by atoms with Crippen LogP contribution in [0.5, 0.6) is 0 Å². The molecule has 1 atom stereocenters. The summed E-state index contributed by atoms with van der Waals surface area (Å²) in [5, 5.41) is 0.861. The van der Waals surface area contributed by atoms with Crippen LogP contribution in [0.25, 0.3) is 0 Å². The third kappa shape index (κ3) is 4.46. The fourth-order valence-electron chi connectivity index (χ4n) is 1.89. The number of carbonyl (C=O) groups excluding carboxylic acids is 2. The smallest absolute Gasteiger partial charge is 0.317 e. The lowest BCUT2D eigenvalue weighted by Crippen LogP contribution is -2.54. The molecular weight excluding hydrogens is 342 g/mol. The summed E-state index contributed by atoms with van der Waals surface area (Å²) in [6, 6.07) is 5.78. The van der Waals surface area contributed by atoms with Crippen LogP contribution in [0.3, 0.4) is 0 Å². The van der Waals surface area contributed by atoms with Crippen molar-refractivity contribution in [2.24, 2.45) is 0 Å². The fourth-order valence-corrected chi connectivity index (χ4v) is 3.79. The molecule has 1 heterocycles. The van der Waals surface area contributed by atoms with Crippen molar-refractivity contribution in [1.29, 1.82) is 0 Å². The number of nitrogens with zero attached hydrogens (tertiary/aromatic N) is 1. The van der Waals surface area contributed by atoms with Gasteiger partial charge in [-0.2, -0.15) is 13.5 Å². The van der Waals surface area contributed by atoms with Crippen molar-refractivity contribution in [3.8, 4) is 0 Å². The number of amides is 1. The number of carbonyl (C=O) groups is 2. The van der Waals surface area contributed by atoms with Gasteiger partial charge in [0.25, 0.3) is 0 Å². The second-order valence-electron chi connectivity index (χ2n) is 5.01. The van der Waals surface area contributed by atoms with Crippen molar-refractivity contribution in [2.75, 3.05) is 18.6 Å². The molecule has 9 heteroatoms. The second-order valence-corrected chi connectivity index (χ2v) is 7.57. The van der Waals surface area contributed by atoms with Crippen molar-refractivity contribution in [2.45, 2.75) is 24.3 Å². The van der Waals surface area contributed by atoms with Crippen LogP contribution in [0, 0.1) is 6.92 Å². The third-order valence-corrected chi connectivity index (χ3v) is 5.50. The topological polar surface area (TPSA) is 90.0 Å². The maximum Gasteiger partial charge on any atom is 0.317 e. The summed E-state index contributed by atoms with van der Waals surface area (Å²) in [6.07, 6.45) is 0.192. The Morgan fingerprint density at radius 2 is 2.00 bits per heavy atom. The van der Waals surface area contributed by atoms with E-state index in [-0.39, 0.29) is 29.1 Å². The van der Waals surface area contributed by atoms with Gasteiger partial charge < -0.3 is 4.74 Å². The van der Waals surface area contributed by atoms with E-state index in [0.29, 0.717) is 5.75 Å². The highest BCUT2D eigenvalue weighted by Gasteiger charge is 2.40. The molecule has 7 nitrogen and oxygen atoms in total. The van der Waals surface area contributed by atoms with Gasteiger partial charge in [-0.05, 0) is 19.1 Å². The van der Waals surface area contributed by atoms with E-state index in [2.05, 4.69) is 4.74 Å². The average molecular weight is 359 g/mol.